The second-order valence-electron chi connectivity index (χ2n) is 9.23. The van der Waals surface area contributed by atoms with E-state index in [9.17, 15) is 24.0 Å². The van der Waals surface area contributed by atoms with E-state index in [-0.39, 0.29) is 30.1 Å². The van der Waals surface area contributed by atoms with Crippen LogP contribution < -0.4 is 9.47 Å². The number of phenolic OH excluding ortho intramolecular Hbond substituents is 1. The summed E-state index contributed by atoms with van der Waals surface area (Å²) in [5.74, 6) is 0.256. The molecule has 0 fully saturated rings. The number of phenols is 1. The molecule has 9 heteroatoms. The third kappa shape index (κ3) is 8.56. The first-order chi connectivity index (χ1) is 18.1. The van der Waals surface area contributed by atoms with Crippen LogP contribution in [0, 0.1) is 0 Å². The van der Waals surface area contributed by atoms with Gasteiger partial charge in [-0.1, -0.05) is 26.7 Å². The summed E-state index contributed by atoms with van der Waals surface area (Å²) in [6.07, 6.45) is 2.80. The molecule has 0 spiro atoms. The zero-order valence-corrected chi connectivity index (χ0v) is 23.6. The molecule has 0 aliphatic rings. The summed E-state index contributed by atoms with van der Waals surface area (Å²) in [4.78, 5) is 23.2. The van der Waals surface area contributed by atoms with Gasteiger partial charge in [0.25, 0.3) is 0 Å². The molecule has 0 aliphatic heterocycles. The minimum absolute atomic E-state index is 0.00429. The number of hydrogen-bond acceptors (Lipinski definition) is 7. The fourth-order valence-corrected chi connectivity index (χ4v) is 5.53. The first kappa shape index (κ1) is 31.3. The molecule has 0 bridgehead atoms. The van der Waals surface area contributed by atoms with Crippen molar-refractivity contribution in [1.82, 2.24) is 0 Å². The van der Waals surface area contributed by atoms with E-state index in [1.165, 1.54) is 13.0 Å². The van der Waals surface area contributed by atoms with Crippen LogP contribution in [0.5, 0.6) is 17.2 Å². The monoisotopic (exact) mass is 548 g/mol. The summed E-state index contributed by atoms with van der Waals surface area (Å²) in [7, 11) is -1.38. The van der Waals surface area contributed by atoms with Gasteiger partial charge in [-0.05, 0) is 63.8 Å². The molecule has 2 aromatic carbocycles. The number of carboxylic acid groups (broad SMARTS) is 1. The lowest BCUT2D eigenvalue weighted by Gasteiger charge is -2.21. The fraction of sp³-hybridized carbons (Fsp3) is 0.517. The van der Waals surface area contributed by atoms with Gasteiger partial charge in [0.15, 0.2) is 5.78 Å². The Bertz CT molecular complexity index is 1130. The van der Waals surface area contributed by atoms with E-state index in [2.05, 4.69) is 0 Å². The molecule has 2 atom stereocenters. The second-order valence-corrected chi connectivity index (χ2v) is 10.8. The van der Waals surface area contributed by atoms with E-state index in [4.69, 9.17) is 14.6 Å². The third-order valence-corrected chi connectivity index (χ3v) is 7.61. The van der Waals surface area contributed by atoms with Crippen LogP contribution in [0.15, 0.2) is 29.2 Å². The quantitative estimate of drug-likeness (QED) is 0.178. The average molecular weight is 549 g/mol. The maximum absolute atomic E-state index is 13.1. The molecule has 2 aromatic rings. The number of carboxylic acids is 1. The zero-order valence-electron chi connectivity index (χ0n) is 22.7. The number of hydrogen-bond donors (Lipinski definition) is 3. The van der Waals surface area contributed by atoms with Gasteiger partial charge in [-0.3, -0.25) is 13.8 Å². The molecule has 0 aromatic heterocycles. The molecule has 8 nitrogen and oxygen atoms in total. The highest BCUT2D eigenvalue weighted by Gasteiger charge is 2.20. The van der Waals surface area contributed by atoms with Crippen molar-refractivity contribution in [3.8, 4) is 17.2 Å². The van der Waals surface area contributed by atoms with Crippen LogP contribution in [0.4, 0.5) is 0 Å². The number of ketones is 1. The Morgan fingerprint density at radius 2 is 1.63 bits per heavy atom. The van der Waals surface area contributed by atoms with Crippen LogP contribution in [0.3, 0.4) is 0 Å². The fourth-order valence-electron chi connectivity index (χ4n) is 4.24. The Balaban J connectivity index is 2.14. The van der Waals surface area contributed by atoms with Gasteiger partial charge in [-0.15, -0.1) is 0 Å². The largest absolute Gasteiger partial charge is 0.507 e. The smallest absolute Gasteiger partial charge is 0.303 e. The molecular weight excluding hydrogens is 508 g/mol. The molecule has 0 saturated carbocycles. The molecule has 38 heavy (non-hydrogen) atoms. The van der Waals surface area contributed by atoms with Crippen LogP contribution in [0.25, 0.3) is 0 Å². The normalized spacial score (nSPS) is 12.7. The third-order valence-electron chi connectivity index (χ3n) is 6.08. The Kier molecular flexibility index (Phi) is 12.8. The second kappa shape index (κ2) is 15.5. The lowest BCUT2D eigenvalue weighted by atomic mass is 10.0. The summed E-state index contributed by atoms with van der Waals surface area (Å²) in [6.45, 7) is 7.54. The first-order valence-corrected chi connectivity index (χ1v) is 14.5. The van der Waals surface area contributed by atoms with Crippen LogP contribution >= 0.6 is 0 Å². The number of aliphatic hydroxyl groups is 1. The van der Waals surface area contributed by atoms with Gasteiger partial charge in [0, 0.05) is 33.8 Å². The number of aliphatic hydroxyl groups excluding tert-OH is 1. The maximum atomic E-state index is 13.1. The molecular formula is C29H40O8S. The van der Waals surface area contributed by atoms with Crippen LogP contribution in [-0.4, -0.2) is 50.2 Å². The van der Waals surface area contributed by atoms with E-state index in [0.717, 1.165) is 18.4 Å². The number of aromatic hydroxyl groups is 1. The van der Waals surface area contributed by atoms with Gasteiger partial charge in [-0.25, -0.2) is 0 Å². The van der Waals surface area contributed by atoms with Gasteiger partial charge in [0.1, 0.15) is 17.2 Å². The predicted octanol–water partition coefficient (Wildman–Crippen LogP) is 5.37. The lowest BCUT2D eigenvalue weighted by Crippen LogP contribution is -2.11. The Labute approximate surface area is 227 Å². The first-order valence-electron chi connectivity index (χ1n) is 13.2. The molecule has 2 unspecified atom stereocenters. The molecule has 0 saturated heterocycles. The minimum Gasteiger partial charge on any atom is -0.507 e. The molecule has 0 radical (unpaired) electrons. The molecule has 2 rings (SSSR count). The van der Waals surface area contributed by atoms with Crippen molar-refractivity contribution in [1.29, 1.82) is 0 Å². The van der Waals surface area contributed by atoms with Crippen molar-refractivity contribution in [2.45, 2.75) is 83.6 Å². The summed E-state index contributed by atoms with van der Waals surface area (Å²) in [5.41, 5.74) is 2.23. The maximum Gasteiger partial charge on any atom is 0.303 e. The van der Waals surface area contributed by atoms with Gasteiger partial charge < -0.3 is 24.8 Å². The number of ether oxygens (including phenoxy) is 2. The van der Waals surface area contributed by atoms with E-state index < -0.39 is 22.9 Å². The Morgan fingerprint density at radius 3 is 2.24 bits per heavy atom. The Hall–Kier alpha value is -2.91. The van der Waals surface area contributed by atoms with E-state index in [1.54, 1.807) is 25.1 Å². The van der Waals surface area contributed by atoms with Crippen molar-refractivity contribution in [3.05, 3.63) is 46.5 Å². The average Bonchev–Trinajstić information content (AvgIpc) is 2.86. The zero-order chi connectivity index (χ0) is 28.2. The Morgan fingerprint density at radius 1 is 0.974 bits per heavy atom. The van der Waals surface area contributed by atoms with Gasteiger partial charge in [0.2, 0.25) is 0 Å². The number of carbonyl (C=O) groups excluding carboxylic acids is 1. The molecule has 0 amide bonds. The number of rotatable bonds is 17. The van der Waals surface area contributed by atoms with Crippen molar-refractivity contribution in [2.75, 3.05) is 19.0 Å². The molecule has 0 aliphatic carbocycles. The van der Waals surface area contributed by atoms with E-state index in [0.29, 0.717) is 65.6 Å². The van der Waals surface area contributed by atoms with Crippen molar-refractivity contribution in [2.24, 2.45) is 0 Å². The van der Waals surface area contributed by atoms with Gasteiger partial charge in [0.05, 0.1) is 35.7 Å². The summed E-state index contributed by atoms with van der Waals surface area (Å²) < 4.78 is 25.1. The van der Waals surface area contributed by atoms with Crippen molar-refractivity contribution >= 4 is 22.6 Å². The summed E-state index contributed by atoms with van der Waals surface area (Å²) >= 11 is 0. The highest BCUT2D eigenvalue weighted by atomic mass is 32.2. The minimum atomic E-state index is -1.38. The molecule has 0 heterocycles. The highest BCUT2D eigenvalue weighted by Crippen LogP contribution is 2.37. The van der Waals surface area contributed by atoms with Crippen LogP contribution in [0.2, 0.25) is 0 Å². The number of benzene rings is 2. The summed E-state index contributed by atoms with van der Waals surface area (Å²) in [6, 6.07) is 6.74. The van der Waals surface area contributed by atoms with Crippen molar-refractivity contribution < 1.29 is 38.6 Å². The van der Waals surface area contributed by atoms with Crippen LogP contribution in [-0.2, 0) is 28.4 Å². The molecule has 3 N–H and O–H groups in total. The highest BCUT2D eigenvalue weighted by molar-refractivity contribution is 7.85. The van der Waals surface area contributed by atoms with E-state index >= 15 is 0 Å². The number of aliphatic carboxylic acids is 1. The number of carbonyl (C=O) groups is 2. The SMILES string of the molecule is CCCc1c(S(=O)CCCOc2ccc(C(C)O)c(OCCCC(=O)O)c2CCC)ccc(C(C)=O)c1O. The topological polar surface area (TPSA) is 130 Å². The van der Waals surface area contributed by atoms with Gasteiger partial charge in [-0.2, -0.15) is 0 Å². The predicted molar refractivity (Wildman–Crippen MR) is 147 cm³/mol. The lowest BCUT2D eigenvalue weighted by molar-refractivity contribution is -0.137. The molecule has 210 valence electrons. The standard InChI is InChI=1S/C29H40O8S/c1-5-9-23-25(14-12-22(20(4)31)29(23)37-16-7-11-27(32)33)36-17-8-18-38(35)26-15-13-21(19(3)30)28(34)24(26)10-6-2/h12-15,20,31,34H,5-11,16-18H2,1-4H3,(H,32,33). The number of Topliss-reactive ketones (excluding diaryl/α,β-unsaturated/α-hetero) is 1. The van der Waals surface area contributed by atoms with E-state index in [1.807, 2.05) is 13.8 Å². The van der Waals surface area contributed by atoms with Crippen molar-refractivity contribution in [3.63, 3.8) is 0 Å². The van der Waals surface area contributed by atoms with Crippen LogP contribution in [0.1, 0.15) is 93.0 Å². The summed E-state index contributed by atoms with van der Waals surface area (Å²) in [5, 5.41) is 29.7. The van der Waals surface area contributed by atoms with Gasteiger partial charge >= 0.3 is 5.97 Å².